The SMILES string of the molecule is CC(Cl)C(C)NC(=O)C1CC2CC2C1. The monoisotopic (exact) mass is 215 g/mol. The summed E-state index contributed by atoms with van der Waals surface area (Å²) >= 11 is 5.90. The van der Waals surface area contributed by atoms with Crippen LogP contribution in [0, 0.1) is 17.8 Å². The number of hydrogen-bond acceptors (Lipinski definition) is 1. The average Bonchev–Trinajstić information content (AvgIpc) is 2.73. The van der Waals surface area contributed by atoms with E-state index in [1.54, 1.807) is 0 Å². The van der Waals surface area contributed by atoms with E-state index in [9.17, 15) is 4.79 Å². The number of carbonyl (C=O) groups excluding carboxylic acids is 1. The van der Waals surface area contributed by atoms with Gasteiger partial charge < -0.3 is 5.32 Å². The maximum atomic E-state index is 11.8. The lowest BCUT2D eigenvalue weighted by Gasteiger charge is -2.19. The predicted octanol–water partition coefficient (Wildman–Crippen LogP) is 2.16. The first-order chi connectivity index (χ1) is 6.58. The van der Waals surface area contributed by atoms with Crippen LogP contribution in [0.4, 0.5) is 0 Å². The molecule has 14 heavy (non-hydrogen) atoms. The van der Waals surface area contributed by atoms with Crippen LogP contribution in [0.25, 0.3) is 0 Å². The molecule has 0 aromatic rings. The Hall–Kier alpha value is -0.240. The third-order valence-electron chi connectivity index (χ3n) is 3.67. The van der Waals surface area contributed by atoms with Gasteiger partial charge in [0.1, 0.15) is 0 Å². The van der Waals surface area contributed by atoms with Crippen LogP contribution in [0.15, 0.2) is 0 Å². The first-order valence-electron chi connectivity index (χ1n) is 5.52. The van der Waals surface area contributed by atoms with Gasteiger partial charge in [0, 0.05) is 12.0 Å². The molecular weight excluding hydrogens is 198 g/mol. The Labute approximate surface area is 90.4 Å². The highest BCUT2D eigenvalue weighted by atomic mass is 35.5. The minimum Gasteiger partial charge on any atom is -0.352 e. The molecule has 2 rings (SSSR count). The lowest BCUT2D eigenvalue weighted by Crippen LogP contribution is -2.40. The molecule has 2 aliphatic rings. The Morgan fingerprint density at radius 3 is 2.36 bits per heavy atom. The Morgan fingerprint density at radius 1 is 1.29 bits per heavy atom. The molecule has 2 saturated carbocycles. The van der Waals surface area contributed by atoms with Crippen LogP contribution in [0.1, 0.15) is 33.1 Å². The van der Waals surface area contributed by atoms with Gasteiger partial charge in [0.2, 0.25) is 5.91 Å². The summed E-state index contributed by atoms with van der Waals surface area (Å²) < 4.78 is 0. The van der Waals surface area contributed by atoms with Crippen molar-refractivity contribution in [2.75, 3.05) is 0 Å². The molecule has 0 radical (unpaired) electrons. The summed E-state index contributed by atoms with van der Waals surface area (Å²) in [4.78, 5) is 11.8. The second-order valence-corrected chi connectivity index (χ2v) is 5.59. The largest absolute Gasteiger partial charge is 0.352 e. The van der Waals surface area contributed by atoms with Crippen LogP contribution >= 0.6 is 11.6 Å². The van der Waals surface area contributed by atoms with Gasteiger partial charge in [-0.15, -0.1) is 11.6 Å². The van der Waals surface area contributed by atoms with Gasteiger partial charge in [-0.25, -0.2) is 0 Å². The predicted molar refractivity (Wildman–Crippen MR) is 57.2 cm³/mol. The van der Waals surface area contributed by atoms with Crippen LogP contribution < -0.4 is 5.32 Å². The lowest BCUT2D eigenvalue weighted by atomic mass is 10.0. The minimum atomic E-state index is 0.00916. The summed E-state index contributed by atoms with van der Waals surface area (Å²) in [5.41, 5.74) is 0. The summed E-state index contributed by atoms with van der Waals surface area (Å²) in [7, 11) is 0. The van der Waals surface area contributed by atoms with Gasteiger partial charge in [0.05, 0.1) is 5.38 Å². The van der Waals surface area contributed by atoms with E-state index in [4.69, 9.17) is 11.6 Å². The molecule has 2 nitrogen and oxygen atoms in total. The highest BCUT2D eigenvalue weighted by Gasteiger charge is 2.48. The van der Waals surface area contributed by atoms with Crippen molar-refractivity contribution in [2.45, 2.75) is 44.5 Å². The zero-order chi connectivity index (χ0) is 10.3. The second-order valence-electron chi connectivity index (χ2n) is 4.90. The van der Waals surface area contributed by atoms with Crippen molar-refractivity contribution in [3.05, 3.63) is 0 Å². The first-order valence-corrected chi connectivity index (χ1v) is 5.96. The van der Waals surface area contributed by atoms with E-state index >= 15 is 0 Å². The van der Waals surface area contributed by atoms with Crippen LogP contribution in [-0.4, -0.2) is 17.3 Å². The van der Waals surface area contributed by atoms with Gasteiger partial charge in [0.15, 0.2) is 0 Å². The van der Waals surface area contributed by atoms with Gasteiger partial charge in [-0.05, 0) is 44.9 Å². The van der Waals surface area contributed by atoms with Crippen molar-refractivity contribution in [2.24, 2.45) is 17.8 Å². The molecule has 80 valence electrons. The molecule has 0 aromatic carbocycles. The number of carbonyl (C=O) groups is 1. The zero-order valence-corrected chi connectivity index (χ0v) is 9.55. The summed E-state index contributed by atoms with van der Waals surface area (Å²) in [6.07, 6.45) is 3.59. The summed E-state index contributed by atoms with van der Waals surface area (Å²) in [6, 6.07) is 0.0843. The number of nitrogens with one attached hydrogen (secondary N) is 1. The van der Waals surface area contributed by atoms with Crippen LogP contribution in [0.5, 0.6) is 0 Å². The highest BCUT2D eigenvalue weighted by molar-refractivity contribution is 6.20. The van der Waals surface area contributed by atoms with E-state index in [0.29, 0.717) is 0 Å². The topological polar surface area (TPSA) is 29.1 Å². The molecule has 0 aromatic heterocycles. The van der Waals surface area contributed by atoms with Gasteiger partial charge >= 0.3 is 0 Å². The van der Waals surface area contributed by atoms with E-state index < -0.39 is 0 Å². The van der Waals surface area contributed by atoms with E-state index in [0.717, 1.165) is 24.7 Å². The van der Waals surface area contributed by atoms with Gasteiger partial charge in [-0.3, -0.25) is 4.79 Å². The van der Waals surface area contributed by atoms with E-state index in [2.05, 4.69) is 5.32 Å². The molecule has 0 saturated heterocycles. The number of halogens is 1. The number of hydrogen-bond donors (Lipinski definition) is 1. The molecule has 1 amide bonds. The average molecular weight is 216 g/mol. The number of alkyl halides is 1. The molecule has 2 fully saturated rings. The standard InChI is InChI=1S/C11H18ClNO/c1-6(12)7(2)13-11(14)10-4-8-3-9(8)5-10/h6-10H,3-5H2,1-2H3,(H,13,14). The molecule has 4 atom stereocenters. The number of amides is 1. The fourth-order valence-electron chi connectivity index (χ4n) is 2.39. The molecule has 0 aliphatic heterocycles. The third kappa shape index (κ3) is 2.05. The third-order valence-corrected chi connectivity index (χ3v) is 4.05. The maximum absolute atomic E-state index is 11.8. The molecule has 3 heteroatoms. The van der Waals surface area contributed by atoms with E-state index in [1.165, 1.54) is 6.42 Å². The molecule has 0 bridgehead atoms. The van der Waals surface area contributed by atoms with Crippen LogP contribution in [0.3, 0.4) is 0 Å². The van der Waals surface area contributed by atoms with Gasteiger partial charge in [0.25, 0.3) is 0 Å². The normalized spacial score (nSPS) is 38.6. The molecule has 0 heterocycles. The highest BCUT2D eigenvalue weighted by Crippen LogP contribution is 2.54. The molecule has 0 spiro atoms. The second kappa shape index (κ2) is 3.73. The first kappa shape index (κ1) is 10.3. The fourth-order valence-corrected chi connectivity index (χ4v) is 2.45. The van der Waals surface area contributed by atoms with Crippen molar-refractivity contribution in [3.63, 3.8) is 0 Å². The lowest BCUT2D eigenvalue weighted by molar-refractivity contribution is -0.125. The Morgan fingerprint density at radius 2 is 1.86 bits per heavy atom. The molecule has 2 aliphatic carbocycles. The Kier molecular flexibility index (Phi) is 2.74. The van der Waals surface area contributed by atoms with Crippen molar-refractivity contribution < 1.29 is 4.79 Å². The summed E-state index contributed by atoms with van der Waals surface area (Å²) in [6.45, 7) is 3.88. The van der Waals surface area contributed by atoms with Gasteiger partial charge in [-0.2, -0.15) is 0 Å². The fraction of sp³-hybridized carbons (Fsp3) is 0.909. The van der Waals surface area contributed by atoms with E-state index in [1.807, 2.05) is 13.8 Å². The molecule has 4 unspecified atom stereocenters. The Bertz CT molecular complexity index is 231. The van der Waals surface area contributed by atoms with Crippen LogP contribution in [-0.2, 0) is 4.79 Å². The number of rotatable bonds is 3. The number of fused-ring (bicyclic) bond motifs is 1. The van der Waals surface area contributed by atoms with Crippen LogP contribution in [0.2, 0.25) is 0 Å². The minimum absolute atomic E-state index is 0.00916. The quantitative estimate of drug-likeness (QED) is 0.719. The maximum Gasteiger partial charge on any atom is 0.223 e. The summed E-state index contributed by atoms with van der Waals surface area (Å²) in [5, 5.41) is 3.00. The van der Waals surface area contributed by atoms with Crippen molar-refractivity contribution >= 4 is 17.5 Å². The van der Waals surface area contributed by atoms with Crippen molar-refractivity contribution in [3.8, 4) is 0 Å². The Balaban J connectivity index is 1.78. The smallest absolute Gasteiger partial charge is 0.223 e. The zero-order valence-electron chi connectivity index (χ0n) is 8.79. The van der Waals surface area contributed by atoms with Gasteiger partial charge in [-0.1, -0.05) is 0 Å². The van der Waals surface area contributed by atoms with Crippen molar-refractivity contribution in [1.82, 2.24) is 5.32 Å². The van der Waals surface area contributed by atoms with Crippen molar-refractivity contribution in [1.29, 1.82) is 0 Å². The van der Waals surface area contributed by atoms with E-state index in [-0.39, 0.29) is 23.2 Å². The summed E-state index contributed by atoms with van der Waals surface area (Å²) in [5.74, 6) is 2.23. The molecule has 1 N–H and O–H groups in total. The molecular formula is C11H18ClNO.